The SMILES string of the molecule is COc1cc(C2CC(=O)Nc3n[nH]c(-c4ccc(Cl)cc4)c32)ccc1OCc1ccccc1. The number of H-pyrrole nitrogens is 1. The molecule has 2 N–H and O–H groups in total. The topological polar surface area (TPSA) is 76.2 Å². The second kappa shape index (κ2) is 9.00. The molecule has 1 amide bonds. The molecule has 2 heterocycles. The molecule has 7 heteroatoms. The van der Waals surface area contributed by atoms with Crippen molar-refractivity contribution < 1.29 is 14.3 Å². The van der Waals surface area contributed by atoms with Gasteiger partial charge in [-0.15, -0.1) is 0 Å². The first-order valence-electron chi connectivity index (χ1n) is 10.6. The normalized spacial score (nSPS) is 15.0. The number of methoxy groups -OCH3 is 1. The summed E-state index contributed by atoms with van der Waals surface area (Å²) in [5, 5.41) is 11.0. The van der Waals surface area contributed by atoms with Crippen LogP contribution in [0.5, 0.6) is 11.5 Å². The first-order valence-corrected chi connectivity index (χ1v) is 11.0. The number of fused-ring (bicyclic) bond motifs is 1. The number of nitrogens with one attached hydrogen (secondary N) is 2. The molecule has 0 fully saturated rings. The lowest BCUT2D eigenvalue weighted by Gasteiger charge is -2.24. The number of benzene rings is 3. The maximum Gasteiger partial charge on any atom is 0.226 e. The molecule has 4 aromatic rings. The smallest absolute Gasteiger partial charge is 0.226 e. The number of rotatable bonds is 6. The molecule has 1 unspecified atom stereocenters. The summed E-state index contributed by atoms with van der Waals surface area (Å²) in [5.74, 6) is 1.55. The molecule has 5 rings (SSSR count). The van der Waals surface area contributed by atoms with E-state index in [1.807, 2.05) is 72.8 Å². The lowest BCUT2D eigenvalue weighted by Crippen LogP contribution is -2.23. The molecule has 1 atom stereocenters. The molecular formula is C26H22ClN3O3. The highest BCUT2D eigenvalue weighted by Crippen LogP contribution is 2.43. The van der Waals surface area contributed by atoms with Gasteiger partial charge in [0.1, 0.15) is 6.61 Å². The molecule has 0 radical (unpaired) electrons. The van der Waals surface area contributed by atoms with Gasteiger partial charge in [0.05, 0.1) is 12.8 Å². The van der Waals surface area contributed by atoms with Crippen molar-refractivity contribution in [1.82, 2.24) is 10.2 Å². The number of anilines is 1. The van der Waals surface area contributed by atoms with Crippen LogP contribution in [-0.4, -0.2) is 23.2 Å². The number of carbonyl (C=O) groups excluding carboxylic acids is 1. The molecule has 1 aliphatic rings. The van der Waals surface area contributed by atoms with Crippen LogP contribution < -0.4 is 14.8 Å². The zero-order valence-electron chi connectivity index (χ0n) is 18.0. The third-order valence-corrected chi connectivity index (χ3v) is 6.01. The van der Waals surface area contributed by atoms with Gasteiger partial charge in [-0.2, -0.15) is 5.10 Å². The summed E-state index contributed by atoms with van der Waals surface area (Å²) < 4.78 is 11.6. The Morgan fingerprint density at radius 3 is 2.58 bits per heavy atom. The highest BCUT2D eigenvalue weighted by Gasteiger charge is 2.32. The van der Waals surface area contributed by atoms with Crippen LogP contribution >= 0.6 is 11.6 Å². The van der Waals surface area contributed by atoms with Gasteiger partial charge in [-0.25, -0.2) is 0 Å². The van der Waals surface area contributed by atoms with Gasteiger partial charge in [0.15, 0.2) is 17.3 Å². The maximum atomic E-state index is 12.4. The van der Waals surface area contributed by atoms with Gasteiger partial charge in [0.2, 0.25) is 5.91 Å². The Morgan fingerprint density at radius 2 is 1.82 bits per heavy atom. The molecule has 0 bridgehead atoms. The summed E-state index contributed by atoms with van der Waals surface area (Å²) >= 11 is 6.06. The van der Waals surface area contributed by atoms with E-state index < -0.39 is 0 Å². The van der Waals surface area contributed by atoms with Crippen molar-refractivity contribution in [2.75, 3.05) is 12.4 Å². The molecule has 1 aromatic heterocycles. The Bertz CT molecular complexity index is 1290. The number of nitrogens with zero attached hydrogens (tertiary/aromatic N) is 1. The molecule has 33 heavy (non-hydrogen) atoms. The molecule has 166 valence electrons. The number of aromatic amines is 1. The van der Waals surface area contributed by atoms with Gasteiger partial charge >= 0.3 is 0 Å². The highest BCUT2D eigenvalue weighted by atomic mass is 35.5. The van der Waals surface area contributed by atoms with Crippen LogP contribution in [0.3, 0.4) is 0 Å². The van der Waals surface area contributed by atoms with E-state index in [0.717, 1.165) is 27.9 Å². The van der Waals surface area contributed by atoms with E-state index >= 15 is 0 Å². The number of amides is 1. The summed E-state index contributed by atoms with van der Waals surface area (Å²) in [6.07, 6.45) is 0.306. The standard InChI is InChI=1S/C26H22ClN3O3/c1-32-22-13-18(9-12-21(22)33-15-16-5-3-2-4-6-16)20-14-23(31)28-26-24(20)25(29-30-26)17-7-10-19(27)11-8-17/h2-13,20H,14-15H2,1H3,(H2,28,29,30,31). The summed E-state index contributed by atoms with van der Waals surface area (Å²) in [4.78, 5) is 12.4. The van der Waals surface area contributed by atoms with Crippen LogP contribution in [0.25, 0.3) is 11.3 Å². The summed E-state index contributed by atoms with van der Waals surface area (Å²) in [5.41, 5.74) is 4.77. The zero-order valence-corrected chi connectivity index (χ0v) is 18.7. The predicted molar refractivity (Wildman–Crippen MR) is 128 cm³/mol. The van der Waals surface area contributed by atoms with Crippen LogP contribution in [0.2, 0.25) is 5.02 Å². The fourth-order valence-corrected chi connectivity index (χ4v) is 4.26. The second-order valence-corrected chi connectivity index (χ2v) is 8.29. The average molecular weight is 460 g/mol. The average Bonchev–Trinajstić information content (AvgIpc) is 3.27. The quantitative estimate of drug-likeness (QED) is 0.382. The molecule has 6 nitrogen and oxygen atoms in total. The van der Waals surface area contributed by atoms with Crippen molar-refractivity contribution in [2.45, 2.75) is 18.9 Å². The van der Waals surface area contributed by atoms with E-state index in [4.69, 9.17) is 21.1 Å². The van der Waals surface area contributed by atoms with Crippen LogP contribution in [0.15, 0.2) is 72.8 Å². The van der Waals surface area contributed by atoms with Gasteiger partial charge in [-0.05, 0) is 35.4 Å². The number of aromatic nitrogens is 2. The van der Waals surface area contributed by atoms with Crippen LogP contribution in [-0.2, 0) is 11.4 Å². The van der Waals surface area contributed by atoms with Gasteiger partial charge in [0.25, 0.3) is 0 Å². The molecule has 0 spiro atoms. The third kappa shape index (κ3) is 4.30. The maximum absolute atomic E-state index is 12.4. The van der Waals surface area contributed by atoms with Crippen LogP contribution in [0.4, 0.5) is 5.82 Å². The first kappa shape index (κ1) is 21.1. The van der Waals surface area contributed by atoms with Crippen molar-refractivity contribution in [1.29, 1.82) is 0 Å². The number of hydrogen-bond donors (Lipinski definition) is 2. The molecule has 0 saturated carbocycles. The fraction of sp³-hybridized carbons (Fsp3) is 0.154. The Hall–Kier alpha value is -3.77. The van der Waals surface area contributed by atoms with E-state index in [1.54, 1.807) is 7.11 Å². The number of ether oxygens (including phenoxy) is 2. The second-order valence-electron chi connectivity index (χ2n) is 7.86. The third-order valence-electron chi connectivity index (χ3n) is 5.76. The van der Waals surface area contributed by atoms with Crippen molar-refractivity contribution >= 4 is 23.3 Å². The zero-order chi connectivity index (χ0) is 22.8. The minimum atomic E-state index is -0.185. The van der Waals surface area contributed by atoms with Gasteiger partial charge in [0, 0.05) is 28.5 Å². The van der Waals surface area contributed by atoms with Gasteiger partial charge < -0.3 is 14.8 Å². The first-order chi connectivity index (χ1) is 16.1. The lowest BCUT2D eigenvalue weighted by atomic mass is 9.84. The Kier molecular flexibility index (Phi) is 5.75. The van der Waals surface area contributed by atoms with Crippen molar-refractivity contribution in [3.05, 3.63) is 94.5 Å². The number of halogens is 1. The fourth-order valence-electron chi connectivity index (χ4n) is 4.13. The van der Waals surface area contributed by atoms with Gasteiger partial charge in [-0.3, -0.25) is 9.89 Å². The molecule has 0 aliphatic carbocycles. The minimum absolute atomic E-state index is 0.0787. The number of carbonyl (C=O) groups is 1. The van der Waals surface area contributed by atoms with E-state index in [-0.39, 0.29) is 11.8 Å². The van der Waals surface area contributed by atoms with Crippen molar-refractivity contribution in [3.8, 4) is 22.8 Å². The summed E-state index contributed by atoms with van der Waals surface area (Å²) in [6.45, 7) is 0.439. The summed E-state index contributed by atoms with van der Waals surface area (Å²) in [6, 6.07) is 23.3. The highest BCUT2D eigenvalue weighted by molar-refractivity contribution is 6.30. The predicted octanol–water partition coefficient (Wildman–Crippen LogP) is 5.79. The van der Waals surface area contributed by atoms with E-state index in [2.05, 4.69) is 15.5 Å². The number of hydrogen-bond acceptors (Lipinski definition) is 4. The van der Waals surface area contributed by atoms with Crippen LogP contribution in [0.1, 0.15) is 29.0 Å². The Balaban J connectivity index is 1.49. The Morgan fingerprint density at radius 1 is 1.03 bits per heavy atom. The van der Waals surface area contributed by atoms with E-state index in [9.17, 15) is 4.79 Å². The van der Waals surface area contributed by atoms with Crippen molar-refractivity contribution in [2.24, 2.45) is 0 Å². The minimum Gasteiger partial charge on any atom is -0.493 e. The Labute approximate surface area is 196 Å². The van der Waals surface area contributed by atoms with E-state index in [0.29, 0.717) is 35.4 Å². The lowest BCUT2D eigenvalue weighted by molar-refractivity contribution is -0.116. The summed E-state index contributed by atoms with van der Waals surface area (Å²) in [7, 11) is 1.62. The molecule has 0 saturated heterocycles. The van der Waals surface area contributed by atoms with Crippen LogP contribution in [0, 0.1) is 0 Å². The van der Waals surface area contributed by atoms with Crippen molar-refractivity contribution in [3.63, 3.8) is 0 Å². The molecule has 3 aromatic carbocycles. The van der Waals surface area contributed by atoms with Gasteiger partial charge in [-0.1, -0.05) is 60.1 Å². The molecular weight excluding hydrogens is 438 g/mol. The van der Waals surface area contributed by atoms with E-state index in [1.165, 1.54) is 0 Å². The largest absolute Gasteiger partial charge is 0.493 e. The molecule has 1 aliphatic heterocycles. The monoisotopic (exact) mass is 459 g/mol.